The Morgan fingerprint density at radius 1 is 1.33 bits per heavy atom. The summed E-state index contributed by atoms with van der Waals surface area (Å²) in [6.07, 6.45) is 3.53. The lowest BCUT2D eigenvalue weighted by Crippen LogP contribution is -2.46. The third-order valence-electron chi connectivity index (χ3n) is 3.49. The number of nitrogens with zero attached hydrogens (tertiary/aromatic N) is 1. The van der Waals surface area contributed by atoms with Crippen LogP contribution in [0.4, 0.5) is 0 Å². The van der Waals surface area contributed by atoms with Crippen LogP contribution in [0.25, 0.3) is 0 Å². The average Bonchev–Trinajstić information content (AvgIpc) is 2.79. The normalized spacial score (nSPS) is 18.4. The summed E-state index contributed by atoms with van der Waals surface area (Å²) in [5.41, 5.74) is 5.84. The summed E-state index contributed by atoms with van der Waals surface area (Å²) in [7, 11) is 0. The second kappa shape index (κ2) is 10.9. The lowest BCUT2D eigenvalue weighted by atomic mass is 9.99. The Morgan fingerprint density at radius 3 is 2.39 bits per heavy atom. The minimum absolute atomic E-state index is 0. The van der Waals surface area contributed by atoms with Gasteiger partial charge in [-0.2, -0.15) is 0 Å². The minimum atomic E-state index is -0.358. The number of halogens is 2. The Bertz CT molecular complexity index is 223. The lowest BCUT2D eigenvalue weighted by molar-refractivity contribution is -0.123. The van der Waals surface area contributed by atoms with Gasteiger partial charge in [-0.05, 0) is 31.8 Å². The van der Waals surface area contributed by atoms with Crippen molar-refractivity contribution in [3.63, 3.8) is 0 Å². The van der Waals surface area contributed by atoms with Crippen molar-refractivity contribution in [2.45, 2.75) is 39.2 Å². The van der Waals surface area contributed by atoms with Gasteiger partial charge in [-0.25, -0.2) is 0 Å². The molecular formula is C12H27Cl2N3O. The van der Waals surface area contributed by atoms with Crippen molar-refractivity contribution in [2.24, 2.45) is 11.7 Å². The predicted octanol–water partition coefficient (Wildman–Crippen LogP) is 1.42. The summed E-state index contributed by atoms with van der Waals surface area (Å²) in [5.74, 6) is 0.250. The smallest absolute Gasteiger partial charge is 0.237 e. The standard InChI is InChI=1S/C12H25N3O.2ClH/c1-3-10(2)11(13)12(16)14-6-9-15-7-4-5-8-15;;/h10-11H,3-9,13H2,1-2H3,(H,14,16);2*1H. The SMILES string of the molecule is CCC(C)C(N)C(=O)NCCN1CCCC1.Cl.Cl. The largest absolute Gasteiger partial charge is 0.353 e. The summed E-state index contributed by atoms with van der Waals surface area (Å²) < 4.78 is 0. The number of hydrogen-bond acceptors (Lipinski definition) is 3. The number of hydrogen-bond donors (Lipinski definition) is 2. The van der Waals surface area contributed by atoms with Crippen LogP contribution in [0.5, 0.6) is 0 Å². The lowest BCUT2D eigenvalue weighted by Gasteiger charge is -2.19. The molecule has 110 valence electrons. The Kier molecular flexibility index (Phi) is 12.2. The molecule has 0 radical (unpaired) electrons. The monoisotopic (exact) mass is 299 g/mol. The van der Waals surface area contributed by atoms with Crippen molar-refractivity contribution in [3.8, 4) is 0 Å². The molecule has 1 amide bonds. The fourth-order valence-corrected chi connectivity index (χ4v) is 1.97. The molecule has 1 aliphatic rings. The van der Waals surface area contributed by atoms with E-state index in [2.05, 4.69) is 17.1 Å². The van der Waals surface area contributed by atoms with Crippen molar-refractivity contribution in [3.05, 3.63) is 0 Å². The Balaban J connectivity index is 0. The topological polar surface area (TPSA) is 58.4 Å². The number of amides is 1. The zero-order valence-electron chi connectivity index (χ0n) is 11.4. The summed E-state index contributed by atoms with van der Waals surface area (Å²) >= 11 is 0. The number of carbonyl (C=O) groups is 1. The first kappa shape index (κ1) is 20.3. The zero-order valence-corrected chi connectivity index (χ0v) is 13.0. The molecule has 6 heteroatoms. The van der Waals surface area contributed by atoms with Crippen LogP contribution < -0.4 is 11.1 Å². The van der Waals surface area contributed by atoms with E-state index in [4.69, 9.17) is 5.73 Å². The predicted molar refractivity (Wildman–Crippen MR) is 80.6 cm³/mol. The highest BCUT2D eigenvalue weighted by Gasteiger charge is 2.19. The van der Waals surface area contributed by atoms with E-state index in [1.165, 1.54) is 25.9 Å². The molecule has 0 spiro atoms. The number of rotatable bonds is 6. The van der Waals surface area contributed by atoms with E-state index in [9.17, 15) is 4.79 Å². The molecule has 0 saturated carbocycles. The highest BCUT2D eigenvalue weighted by molar-refractivity contribution is 5.85. The van der Waals surface area contributed by atoms with E-state index in [-0.39, 0.29) is 42.7 Å². The van der Waals surface area contributed by atoms with Crippen LogP contribution >= 0.6 is 24.8 Å². The zero-order chi connectivity index (χ0) is 12.0. The number of nitrogens with two attached hydrogens (primary N) is 1. The van der Waals surface area contributed by atoms with Gasteiger partial charge in [-0.15, -0.1) is 24.8 Å². The Morgan fingerprint density at radius 2 is 1.89 bits per heavy atom. The van der Waals surface area contributed by atoms with Crippen LogP contribution in [0.15, 0.2) is 0 Å². The molecule has 1 saturated heterocycles. The molecular weight excluding hydrogens is 273 g/mol. The van der Waals surface area contributed by atoms with Gasteiger partial charge >= 0.3 is 0 Å². The molecule has 1 fully saturated rings. The molecule has 0 aromatic rings. The third-order valence-corrected chi connectivity index (χ3v) is 3.49. The molecule has 1 heterocycles. The van der Waals surface area contributed by atoms with Crippen LogP contribution in [0.1, 0.15) is 33.1 Å². The molecule has 3 N–H and O–H groups in total. The van der Waals surface area contributed by atoms with Crippen LogP contribution in [-0.2, 0) is 4.79 Å². The first-order valence-corrected chi connectivity index (χ1v) is 6.40. The maximum absolute atomic E-state index is 11.7. The first-order chi connectivity index (χ1) is 7.65. The van der Waals surface area contributed by atoms with Gasteiger partial charge in [-0.3, -0.25) is 4.79 Å². The van der Waals surface area contributed by atoms with Gasteiger partial charge in [0.2, 0.25) is 5.91 Å². The van der Waals surface area contributed by atoms with Crippen molar-refractivity contribution < 1.29 is 4.79 Å². The minimum Gasteiger partial charge on any atom is -0.353 e. The van der Waals surface area contributed by atoms with Gasteiger partial charge < -0.3 is 16.0 Å². The van der Waals surface area contributed by atoms with Gasteiger partial charge in [-0.1, -0.05) is 20.3 Å². The van der Waals surface area contributed by atoms with Gasteiger partial charge in [0.25, 0.3) is 0 Å². The fourth-order valence-electron chi connectivity index (χ4n) is 1.97. The van der Waals surface area contributed by atoms with Crippen LogP contribution in [0.3, 0.4) is 0 Å². The van der Waals surface area contributed by atoms with Gasteiger partial charge in [0.1, 0.15) is 0 Å². The van der Waals surface area contributed by atoms with Crippen LogP contribution in [0.2, 0.25) is 0 Å². The summed E-state index contributed by atoms with van der Waals surface area (Å²) in [6.45, 7) is 8.11. The second-order valence-electron chi connectivity index (χ2n) is 4.75. The van der Waals surface area contributed by atoms with Gasteiger partial charge in [0, 0.05) is 13.1 Å². The Labute approximate surface area is 123 Å². The van der Waals surface area contributed by atoms with Crippen molar-refractivity contribution in [1.29, 1.82) is 0 Å². The molecule has 0 aromatic carbocycles. The number of likely N-dealkylation sites (tertiary alicyclic amines) is 1. The maximum Gasteiger partial charge on any atom is 0.237 e. The maximum atomic E-state index is 11.7. The molecule has 2 unspecified atom stereocenters. The molecule has 0 aliphatic carbocycles. The number of carbonyl (C=O) groups excluding carboxylic acids is 1. The van der Waals surface area contributed by atoms with Crippen molar-refractivity contribution >= 4 is 30.7 Å². The van der Waals surface area contributed by atoms with Crippen LogP contribution in [-0.4, -0.2) is 43.0 Å². The molecule has 0 bridgehead atoms. The molecule has 4 nitrogen and oxygen atoms in total. The van der Waals surface area contributed by atoms with Crippen molar-refractivity contribution in [1.82, 2.24) is 10.2 Å². The highest BCUT2D eigenvalue weighted by atomic mass is 35.5. The third kappa shape index (κ3) is 6.78. The van der Waals surface area contributed by atoms with E-state index < -0.39 is 0 Å². The molecule has 2 atom stereocenters. The molecule has 18 heavy (non-hydrogen) atoms. The highest BCUT2D eigenvalue weighted by Crippen LogP contribution is 2.06. The van der Waals surface area contributed by atoms with Gasteiger partial charge in [0.15, 0.2) is 0 Å². The van der Waals surface area contributed by atoms with E-state index in [0.29, 0.717) is 0 Å². The second-order valence-corrected chi connectivity index (χ2v) is 4.75. The molecule has 0 aromatic heterocycles. The van der Waals surface area contributed by atoms with E-state index in [1.807, 2.05) is 6.92 Å². The molecule has 1 rings (SSSR count). The summed E-state index contributed by atoms with van der Waals surface area (Å²) in [6, 6.07) is -0.358. The quantitative estimate of drug-likeness (QED) is 0.780. The fraction of sp³-hybridized carbons (Fsp3) is 0.917. The van der Waals surface area contributed by atoms with E-state index >= 15 is 0 Å². The Hall–Kier alpha value is -0.0300. The molecule has 1 aliphatic heterocycles. The summed E-state index contributed by atoms with van der Waals surface area (Å²) in [4.78, 5) is 14.0. The van der Waals surface area contributed by atoms with E-state index in [1.54, 1.807) is 0 Å². The summed E-state index contributed by atoms with van der Waals surface area (Å²) in [5, 5.41) is 2.92. The first-order valence-electron chi connectivity index (χ1n) is 6.40. The van der Waals surface area contributed by atoms with Gasteiger partial charge in [0.05, 0.1) is 6.04 Å². The number of nitrogens with one attached hydrogen (secondary N) is 1. The van der Waals surface area contributed by atoms with Crippen molar-refractivity contribution in [2.75, 3.05) is 26.2 Å². The van der Waals surface area contributed by atoms with E-state index in [0.717, 1.165) is 19.5 Å². The average molecular weight is 300 g/mol. The van der Waals surface area contributed by atoms with Crippen LogP contribution in [0, 0.1) is 5.92 Å².